The summed E-state index contributed by atoms with van der Waals surface area (Å²) in [7, 11) is 0. The minimum Gasteiger partial charge on any atom is -0.466 e. The minimum atomic E-state index is -0.538. The van der Waals surface area contributed by atoms with Crippen molar-refractivity contribution in [1.29, 1.82) is 0 Å². The average molecular weight is 215 g/mol. The quantitative estimate of drug-likeness (QED) is 0.673. The van der Waals surface area contributed by atoms with Gasteiger partial charge in [0, 0.05) is 0 Å². The molecule has 86 valence electrons. The fourth-order valence-electron chi connectivity index (χ4n) is 1.69. The summed E-state index contributed by atoms with van der Waals surface area (Å²) >= 11 is 0. The van der Waals surface area contributed by atoms with Gasteiger partial charge in [0.05, 0.1) is 19.1 Å². The predicted octanol–water partition coefficient (Wildman–Crippen LogP) is 0.0907. The van der Waals surface area contributed by atoms with Crippen LogP contribution in [0.5, 0.6) is 0 Å². The first kappa shape index (κ1) is 12.0. The van der Waals surface area contributed by atoms with Crippen molar-refractivity contribution in [2.75, 3.05) is 19.8 Å². The second kappa shape index (κ2) is 5.70. The van der Waals surface area contributed by atoms with Crippen LogP contribution in [0.3, 0.4) is 0 Å². The number of ether oxygens (including phenoxy) is 2. The summed E-state index contributed by atoms with van der Waals surface area (Å²) < 4.78 is 9.77. The maximum atomic E-state index is 11.5. The van der Waals surface area contributed by atoms with Crippen molar-refractivity contribution in [1.82, 2.24) is 5.32 Å². The smallest absolute Gasteiger partial charge is 0.324 e. The molecule has 1 aliphatic rings. The standard InChI is InChI=1S/C10H17NO4/c1-3-14-9(12)7-5-6-11-8(7)10(13)15-4-2/h7-8,11H,3-6H2,1-2H3. The Hall–Kier alpha value is -1.10. The molecule has 0 aliphatic carbocycles. The molecule has 5 nitrogen and oxygen atoms in total. The zero-order valence-corrected chi connectivity index (χ0v) is 9.12. The number of nitrogens with one attached hydrogen (secondary N) is 1. The van der Waals surface area contributed by atoms with Crippen LogP contribution in [0, 0.1) is 5.92 Å². The van der Waals surface area contributed by atoms with E-state index in [9.17, 15) is 9.59 Å². The Morgan fingerprint density at radius 2 is 1.80 bits per heavy atom. The predicted molar refractivity (Wildman–Crippen MR) is 53.2 cm³/mol. The summed E-state index contributed by atoms with van der Waals surface area (Å²) in [5, 5.41) is 2.96. The van der Waals surface area contributed by atoms with Gasteiger partial charge in [0.15, 0.2) is 0 Å². The van der Waals surface area contributed by atoms with Gasteiger partial charge in [-0.25, -0.2) is 0 Å². The topological polar surface area (TPSA) is 64.6 Å². The lowest BCUT2D eigenvalue weighted by atomic mass is 10.0. The van der Waals surface area contributed by atoms with Gasteiger partial charge in [-0.05, 0) is 26.8 Å². The molecule has 0 spiro atoms. The Labute approximate surface area is 89.1 Å². The molecule has 1 saturated heterocycles. The van der Waals surface area contributed by atoms with E-state index in [1.807, 2.05) is 0 Å². The first-order chi connectivity index (χ1) is 7.20. The van der Waals surface area contributed by atoms with Crippen LogP contribution in [0.15, 0.2) is 0 Å². The van der Waals surface area contributed by atoms with Crippen molar-refractivity contribution in [2.45, 2.75) is 26.3 Å². The Kier molecular flexibility index (Phi) is 4.55. The molecule has 0 aromatic carbocycles. The largest absolute Gasteiger partial charge is 0.466 e. The van der Waals surface area contributed by atoms with Crippen LogP contribution in [0.25, 0.3) is 0 Å². The fraction of sp³-hybridized carbons (Fsp3) is 0.800. The number of hydrogen-bond donors (Lipinski definition) is 1. The molecule has 2 atom stereocenters. The van der Waals surface area contributed by atoms with E-state index in [0.717, 1.165) is 0 Å². The molecule has 0 radical (unpaired) electrons. The zero-order chi connectivity index (χ0) is 11.3. The van der Waals surface area contributed by atoms with Crippen molar-refractivity contribution >= 4 is 11.9 Å². The van der Waals surface area contributed by atoms with Crippen molar-refractivity contribution < 1.29 is 19.1 Å². The molecule has 0 aromatic heterocycles. The molecule has 1 N–H and O–H groups in total. The second-order valence-corrected chi connectivity index (χ2v) is 3.33. The monoisotopic (exact) mass is 215 g/mol. The van der Waals surface area contributed by atoms with Crippen LogP contribution < -0.4 is 5.32 Å². The third-order valence-corrected chi connectivity index (χ3v) is 2.35. The maximum Gasteiger partial charge on any atom is 0.324 e. The summed E-state index contributed by atoms with van der Waals surface area (Å²) in [5.41, 5.74) is 0. The first-order valence-electron chi connectivity index (χ1n) is 5.27. The molecule has 1 fully saturated rings. The summed E-state index contributed by atoms with van der Waals surface area (Å²) in [4.78, 5) is 23.0. The number of carbonyl (C=O) groups is 2. The number of hydrogen-bond acceptors (Lipinski definition) is 5. The highest BCUT2D eigenvalue weighted by Gasteiger charge is 2.39. The van der Waals surface area contributed by atoms with Gasteiger partial charge in [-0.1, -0.05) is 0 Å². The van der Waals surface area contributed by atoms with Crippen LogP contribution >= 0.6 is 0 Å². The van der Waals surface area contributed by atoms with Gasteiger partial charge in [0.25, 0.3) is 0 Å². The van der Waals surface area contributed by atoms with Gasteiger partial charge >= 0.3 is 11.9 Å². The van der Waals surface area contributed by atoms with E-state index in [-0.39, 0.29) is 11.9 Å². The Morgan fingerprint density at radius 1 is 1.20 bits per heavy atom. The number of esters is 2. The van der Waals surface area contributed by atoms with Crippen molar-refractivity contribution in [3.05, 3.63) is 0 Å². The minimum absolute atomic E-state index is 0.319. The fourth-order valence-corrected chi connectivity index (χ4v) is 1.69. The molecule has 2 unspecified atom stereocenters. The van der Waals surface area contributed by atoms with Crippen molar-refractivity contribution in [2.24, 2.45) is 5.92 Å². The SMILES string of the molecule is CCOC(=O)C1CCNC1C(=O)OCC. The van der Waals surface area contributed by atoms with Crippen LogP contribution in [0.1, 0.15) is 20.3 Å². The number of carbonyl (C=O) groups excluding carboxylic acids is 2. The van der Waals surface area contributed by atoms with Crippen LogP contribution in [-0.4, -0.2) is 37.7 Å². The van der Waals surface area contributed by atoms with Crippen LogP contribution in [0.4, 0.5) is 0 Å². The Bertz CT molecular complexity index is 218. The average Bonchev–Trinajstić information content (AvgIpc) is 2.66. The molecule has 5 heteroatoms. The normalized spacial score (nSPS) is 24.9. The van der Waals surface area contributed by atoms with Gasteiger partial charge in [-0.2, -0.15) is 0 Å². The van der Waals surface area contributed by atoms with Gasteiger partial charge in [0.2, 0.25) is 0 Å². The Balaban J connectivity index is 2.56. The van der Waals surface area contributed by atoms with Crippen molar-refractivity contribution in [3.8, 4) is 0 Å². The molecule has 0 saturated carbocycles. The molecule has 0 amide bonds. The van der Waals surface area contributed by atoms with E-state index in [0.29, 0.717) is 26.2 Å². The highest BCUT2D eigenvalue weighted by molar-refractivity contribution is 5.85. The lowest BCUT2D eigenvalue weighted by molar-refractivity contribution is -0.155. The summed E-state index contributed by atoms with van der Waals surface area (Å²) in [6.45, 7) is 4.80. The summed E-state index contributed by atoms with van der Waals surface area (Å²) in [6, 6.07) is -0.538. The van der Waals surface area contributed by atoms with E-state index < -0.39 is 12.0 Å². The van der Waals surface area contributed by atoms with E-state index in [1.165, 1.54) is 0 Å². The first-order valence-corrected chi connectivity index (χ1v) is 5.27. The molecule has 0 aromatic rings. The Morgan fingerprint density at radius 3 is 2.40 bits per heavy atom. The molecule has 1 aliphatic heterocycles. The molecule has 15 heavy (non-hydrogen) atoms. The third-order valence-electron chi connectivity index (χ3n) is 2.35. The third kappa shape index (κ3) is 2.92. The van der Waals surface area contributed by atoms with Crippen molar-refractivity contribution in [3.63, 3.8) is 0 Å². The molecular weight excluding hydrogens is 198 g/mol. The molecule has 1 rings (SSSR count). The highest BCUT2D eigenvalue weighted by Crippen LogP contribution is 2.18. The summed E-state index contributed by atoms with van der Waals surface area (Å²) in [6.07, 6.45) is 0.627. The molecular formula is C10H17NO4. The van der Waals surface area contributed by atoms with E-state index in [2.05, 4.69) is 5.32 Å². The second-order valence-electron chi connectivity index (χ2n) is 3.33. The van der Waals surface area contributed by atoms with E-state index in [4.69, 9.17) is 9.47 Å². The molecule has 1 heterocycles. The van der Waals surface area contributed by atoms with E-state index >= 15 is 0 Å². The van der Waals surface area contributed by atoms with Gasteiger partial charge < -0.3 is 14.8 Å². The maximum absolute atomic E-state index is 11.5. The molecule has 0 bridgehead atoms. The lowest BCUT2D eigenvalue weighted by Gasteiger charge is -2.16. The highest BCUT2D eigenvalue weighted by atomic mass is 16.5. The van der Waals surface area contributed by atoms with E-state index in [1.54, 1.807) is 13.8 Å². The van der Waals surface area contributed by atoms with Gasteiger partial charge in [-0.15, -0.1) is 0 Å². The van der Waals surface area contributed by atoms with Gasteiger partial charge in [0.1, 0.15) is 6.04 Å². The zero-order valence-electron chi connectivity index (χ0n) is 9.12. The summed E-state index contributed by atoms with van der Waals surface area (Å²) in [5.74, 6) is -1.09. The lowest BCUT2D eigenvalue weighted by Crippen LogP contribution is -2.40. The van der Waals surface area contributed by atoms with Gasteiger partial charge in [-0.3, -0.25) is 9.59 Å². The van der Waals surface area contributed by atoms with Crippen LogP contribution in [-0.2, 0) is 19.1 Å². The number of rotatable bonds is 4. The van der Waals surface area contributed by atoms with Crippen LogP contribution in [0.2, 0.25) is 0 Å².